The van der Waals surface area contributed by atoms with Crippen LogP contribution >= 0.6 is 0 Å². The van der Waals surface area contributed by atoms with Gasteiger partial charge in [0, 0.05) is 18.7 Å². The first-order valence-electron chi connectivity index (χ1n) is 9.08. The summed E-state index contributed by atoms with van der Waals surface area (Å²) in [4.78, 5) is 26.6. The van der Waals surface area contributed by atoms with Gasteiger partial charge in [0.1, 0.15) is 5.52 Å². The fourth-order valence-corrected chi connectivity index (χ4v) is 3.34. The molecule has 0 bridgehead atoms. The molecule has 6 heteroatoms. The molecule has 0 aliphatic carbocycles. The second-order valence-electron chi connectivity index (χ2n) is 6.69. The van der Waals surface area contributed by atoms with Crippen LogP contribution in [0.2, 0.25) is 0 Å². The monoisotopic (exact) mass is 364 g/mol. The van der Waals surface area contributed by atoms with Gasteiger partial charge < -0.3 is 14.2 Å². The van der Waals surface area contributed by atoms with E-state index in [2.05, 4.69) is 5.16 Å². The third kappa shape index (κ3) is 3.43. The second kappa shape index (κ2) is 7.23. The molecule has 1 atom stereocenters. The first kappa shape index (κ1) is 17.3. The molecule has 27 heavy (non-hydrogen) atoms. The van der Waals surface area contributed by atoms with Crippen molar-refractivity contribution < 1.29 is 18.8 Å². The minimum atomic E-state index is -0.803. The summed E-state index contributed by atoms with van der Waals surface area (Å²) in [5.41, 5.74) is 1.90. The minimum absolute atomic E-state index is 0.142. The average Bonchev–Trinajstić information content (AvgIpc) is 3.37. The average molecular weight is 364 g/mol. The number of carbonyl (C=O) groups excluding carboxylic acids is 2. The Kier molecular flexibility index (Phi) is 4.62. The van der Waals surface area contributed by atoms with Gasteiger partial charge in [-0.15, -0.1) is 0 Å². The van der Waals surface area contributed by atoms with Crippen molar-refractivity contribution in [3.05, 3.63) is 54.1 Å². The van der Waals surface area contributed by atoms with Crippen molar-refractivity contribution in [2.24, 2.45) is 0 Å². The molecule has 0 spiro atoms. The van der Waals surface area contributed by atoms with E-state index in [1.165, 1.54) is 0 Å². The van der Waals surface area contributed by atoms with Gasteiger partial charge in [-0.1, -0.05) is 35.5 Å². The second-order valence-corrected chi connectivity index (χ2v) is 6.69. The fraction of sp³-hybridized carbons (Fsp3) is 0.286. The van der Waals surface area contributed by atoms with Crippen LogP contribution in [-0.4, -0.2) is 41.1 Å². The highest BCUT2D eigenvalue weighted by Gasteiger charge is 2.26. The zero-order valence-corrected chi connectivity index (χ0v) is 15.1. The molecule has 1 aliphatic heterocycles. The zero-order chi connectivity index (χ0) is 18.8. The number of benzene rings is 2. The van der Waals surface area contributed by atoms with Crippen LogP contribution in [0.4, 0.5) is 0 Å². The zero-order valence-electron chi connectivity index (χ0n) is 15.1. The highest BCUT2D eigenvalue weighted by atomic mass is 16.5. The van der Waals surface area contributed by atoms with Crippen molar-refractivity contribution in [3.63, 3.8) is 0 Å². The lowest BCUT2D eigenvalue weighted by Crippen LogP contribution is -2.38. The van der Waals surface area contributed by atoms with Crippen LogP contribution in [0.1, 0.15) is 30.1 Å². The number of nitrogens with zero attached hydrogens (tertiary/aromatic N) is 2. The van der Waals surface area contributed by atoms with E-state index in [1.807, 2.05) is 30.3 Å². The third-order valence-electron chi connectivity index (χ3n) is 4.80. The minimum Gasteiger partial charge on any atom is -0.449 e. The number of ether oxygens (including phenoxy) is 1. The molecule has 0 radical (unpaired) electrons. The van der Waals surface area contributed by atoms with E-state index in [-0.39, 0.29) is 5.91 Å². The Bertz CT molecular complexity index is 974. The van der Waals surface area contributed by atoms with Gasteiger partial charge in [-0.25, -0.2) is 4.79 Å². The Morgan fingerprint density at radius 2 is 1.85 bits per heavy atom. The molecule has 3 aromatic rings. The molecule has 0 N–H and O–H groups in total. The van der Waals surface area contributed by atoms with Crippen LogP contribution in [0.3, 0.4) is 0 Å². The molecule has 4 rings (SSSR count). The predicted molar refractivity (Wildman–Crippen MR) is 100 cm³/mol. The molecule has 0 unspecified atom stereocenters. The van der Waals surface area contributed by atoms with Gasteiger partial charge in [-0.2, -0.15) is 0 Å². The van der Waals surface area contributed by atoms with Crippen LogP contribution in [0.25, 0.3) is 22.2 Å². The molecule has 1 aliphatic rings. The van der Waals surface area contributed by atoms with Gasteiger partial charge >= 0.3 is 5.97 Å². The van der Waals surface area contributed by atoms with E-state index in [0.717, 1.165) is 36.9 Å². The van der Waals surface area contributed by atoms with Gasteiger partial charge in [-0.05, 0) is 38.0 Å². The SMILES string of the molecule is C[C@H](OC(=O)c1ccc2noc(-c3ccccc3)c2c1)C(=O)N1CCCC1. The molecule has 1 amide bonds. The lowest BCUT2D eigenvalue weighted by atomic mass is 10.1. The number of fused-ring (bicyclic) bond motifs is 1. The quantitative estimate of drug-likeness (QED) is 0.661. The lowest BCUT2D eigenvalue weighted by Gasteiger charge is -2.20. The number of carbonyl (C=O) groups is 2. The highest BCUT2D eigenvalue weighted by molar-refractivity contribution is 5.99. The van der Waals surface area contributed by atoms with Crippen molar-refractivity contribution >= 4 is 22.8 Å². The summed E-state index contributed by atoms with van der Waals surface area (Å²) in [6.45, 7) is 3.08. The first-order valence-corrected chi connectivity index (χ1v) is 9.08. The van der Waals surface area contributed by atoms with Crippen molar-refractivity contribution in [1.82, 2.24) is 10.1 Å². The fourth-order valence-electron chi connectivity index (χ4n) is 3.34. The molecule has 6 nitrogen and oxygen atoms in total. The number of hydrogen-bond donors (Lipinski definition) is 0. The number of likely N-dealkylation sites (tertiary alicyclic amines) is 1. The molecule has 0 saturated carbocycles. The number of esters is 1. The molecule has 1 aromatic heterocycles. The van der Waals surface area contributed by atoms with Gasteiger partial charge in [0.15, 0.2) is 11.9 Å². The lowest BCUT2D eigenvalue weighted by molar-refractivity contribution is -0.138. The Hall–Kier alpha value is -3.15. The third-order valence-corrected chi connectivity index (χ3v) is 4.80. The molecular formula is C21H20N2O4. The van der Waals surface area contributed by atoms with Crippen molar-refractivity contribution in [3.8, 4) is 11.3 Å². The Balaban J connectivity index is 1.56. The van der Waals surface area contributed by atoms with Crippen LogP contribution in [-0.2, 0) is 9.53 Å². The maximum absolute atomic E-state index is 12.5. The summed E-state index contributed by atoms with van der Waals surface area (Å²) in [5.74, 6) is -0.0736. The number of rotatable bonds is 4. The summed E-state index contributed by atoms with van der Waals surface area (Å²) in [6.07, 6.45) is 1.19. The molecule has 1 saturated heterocycles. The largest absolute Gasteiger partial charge is 0.449 e. The van der Waals surface area contributed by atoms with Crippen LogP contribution in [0, 0.1) is 0 Å². The number of aromatic nitrogens is 1. The van der Waals surface area contributed by atoms with Crippen LogP contribution in [0.15, 0.2) is 53.1 Å². The van der Waals surface area contributed by atoms with E-state index in [1.54, 1.807) is 30.0 Å². The number of amides is 1. The van der Waals surface area contributed by atoms with Crippen molar-refractivity contribution in [1.29, 1.82) is 0 Å². The van der Waals surface area contributed by atoms with Crippen LogP contribution < -0.4 is 0 Å². The van der Waals surface area contributed by atoms with Crippen LogP contribution in [0.5, 0.6) is 0 Å². The highest BCUT2D eigenvalue weighted by Crippen LogP contribution is 2.29. The Morgan fingerprint density at radius 1 is 1.11 bits per heavy atom. The van der Waals surface area contributed by atoms with Crippen molar-refractivity contribution in [2.45, 2.75) is 25.9 Å². The van der Waals surface area contributed by atoms with E-state index < -0.39 is 12.1 Å². The Labute approximate surface area is 156 Å². The van der Waals surface area contributed by atoms with E-state index in [9.17, 15) is 9.59 Å². The summed E-state index contributed by atoms with van der Waals surface area (Å²) < 4.78 is 10.9. The van der Waals surface area contributed by atoms with E-state index >= 15 is 0 Å². The summed E-state index contributed by atoms with van der Waals surface area (Å²) in [6, 6.07) is 14.6. The van der Waals surface area contributed by atoms with Crippen molar-refractivity contribution in [2.75, 3.05) is 13.1 Å². The molecule has 1 fully saturated rings. The van der Waals surface area contributed by atoms with Gasteiger partial charge in [0.2, 0.25) is 0 Å². The molecule has 138 valence electrons. The summed E-state index contributed by atoms with van der Waals surface area (Å²) >= 11 is 0. The first-order chi connectivity index (χ1) is 13.1. The number of hydrogen-bond acceptors (Lipinski definition) is 5. The van der Waals surface area contributed by atoms with E-state index in [4.69, 9.17) is 9.26 Å². The predicted octanol–water partition coefficient (Wildman–Crippen LogP) is 3.66. The topological polar surface area (TPSA) is 72.6 Å². The molecule has 2 heterocycles. The molecular weight excluding hydrogens is 344 g/mol. The van der Waals surface area contributed by atoms with Gasteiger partial charge in [0.25, 0.3) is 5.91 Å². The Morgan fingerprint density at radius 3 is 2.59 bits per heavy atom. The van der Waals surface area contributed by atoms with E-state index in [0.29, 0.717) is 16.8 Å². The van der Waals surface area contributed by atoms with Gasteiger partial charge in [0.05, 0.1) is 10.9 Å². The summed E-state index contributed by atoms with van der Waals surface area (Å²) in [7, 11) is 0. The maximum atomic E-state index is 12.5. The summed E-state index contributed by atoms with van der Waals surface area (Å²) in [5, 5.41) is 4.78. The maximum Gasteiger partial charge on any atom is 0.338 e. The smallest absolute Gasteiger partial charge is 0.338 e. The van der Waals surface area contributed by atoms with Gasteiger partial charge in [-0.3, -0.25) is 4.79 Å². The molecule has 2 aromatic carbocycles. The standard InChI is InChI=1S/C21H20N2O4/c1-14(20(24)23-11-5-6-12-23)26-21(25)16-9-10-18-17(13-16)19(27-22-18)15-7-3-2-4-8-15/h2-4,7-10,13-14H,5-6,11-12H2,1H3/t14-/m0/s1. The normalized spacial score (nSPS) is 15.1.